The molecule has 1 aromatic heterocycles. The van der Waals surface area contributed by atoms with Gasteiger partial charge in [0.1, 0.15) is 11.6 Å². The quantitative estimate of drug-likeness (QED) is 0.834. The zero-order valence-corrected chi connectivity index (χ0v) is 14.8. The summed E-state index contributed by atoms with van der Waals surface area (Å²) in [5.41, 5.74) is 1.87. The van der Waals surface area contributed by atoms with Crippen LogP contribution in [0.4, 0.5) is 17.5 Å². The standard InChI is InChI=1S/C18H19N5O4/c1-26-14-3-2-11(17(25)23-4-6-27-7-5-23)8-13(14)20-18-19-10-12-9-15(24)21-16(12)22-18/h2-3,8,10H,4-7,9H2,1H3,(H2,19,20,21,22,24). The number of benzene rings is 1. The number of carbonyl (C=O) groups excluding carboxylic acids is 2. The number of carbonyl (C=O) groups is 2. The van der Waals surface area contributed by atoms with Gasteiger partial charge >= 0.3 is 0 Å². The van der Waals surface area contributed by atoms with Crippen LogP contribution in [0.2, 0.25) is 0 Å². The molecule has 27 heavy (non-hydrogen) atoms. The van der Waals surface area contributed by atoms with E-state index < -0.39 is 0 Å². The largest absolute Gasteiger partial charge is 0.495 e. The molecule has 2 N–H and O–H groups in total. The molecule has 1 saturated heterocycles. The average molecular weight is 369 g/mol. The Labute approximate surface area is 155 Å². The molecular weight excluding hydrogens is 350 g/mol. The molecule has 4 rings (SSSR count). The lowest BCUT2D eigenvalue weighted by Gasteiger charge is -2.27. The van der Waals surface area contributed by atoms with Crippen molar-refractivity contribution in [3.63, 3.8) is 0 Å². The highest BCUT2D eigenvalue weighted by Crippen LogP contribution is 2.29. The summed E-state index contributed by atoms with van der Waals surface area (Å²) in [5.74, 6) is 1.20. The Balaban J connectivity index is 1.59. The fourth-order valence-corrected chi connectivity index (χ4v) is 3.06. The Kier molecular flexibility index (Phi) is 4.59. The normalized spacial score (nSPS) is 15.9. The van der Waals surface area contributed by atoms with Gasteiger partial charge in [0.05, 0.1) is 32.4 Å². The van der Waals surface area contributed by atoms with Crippen LogP contribution in [-0.2, 0) is 16.0 Å². The highest BCUT2D eigenvalue weighted by molar-refractivity contribution is 5.98. The predicted molar refractivity (Wildman–Crippen MR) is 97.4 cm³/mol. The van der Waals surface area contributed by atoms with Gasteiger partial charge in [-0.15, -0.1) is 0 Å². The zero-order chi connectivity index (χ0) is 18.8. The van der Waals surface area contributed by atoms with E-state index in [4.69, 9.17) is 9.47 Å². The zero-order valence-electron chi connectivity index (χ0n) is 14.8. The first-order chi connectivity index (χ1) is 13.1. The first-order valence-electron chi connectivity index (χ1n) is 8.62. The number of methoxy groups -OCH3 is 1. The monoisotopic (exact) mass is 369 g/mol. The number of hydrogen-bond donors (Lipinski definition) is 2. The number of hydrogen-bond acceptors (Lipinski definition) is 7. The summed E-state index contributed by atoms with van der Waals surface area (Å²) >= 11 is 0. The van der Waals surface area contributed by atoms with E-state index in [2.05, 4.69) is 20.6 Å². The lowest BCUT2D eigenvalue weighted by molar-refractivity contribution is -0.115. The molecule has 0 aliphatic carbocycles. The van der Waals surface area contributed by atoms with Crippen LogP contribution < -0.4 is 15.4 Å². The summed E-state index contributed by atoms with van der Waals surface area (Å²) < 4.78 is 10.7. The number of nitrogens with zero attached hydrogens (tertiary/aromatic N) is 3. The molecule has 0 unspecified atom stereocenters. The van der Waals surface area contributed by atoms with E-state index in [9.17, 15) is 9.59 Å². The molecule has 1 aromatic carbocycles. The van der Waals surface area contributed by atoms with Crippen molar-refractivity contribution in [2.75, 3.05) is 44.0 Å². The predicted octanol–water partition coefficient (Wildman–Crippen LogP) is 1.20. The van der Waals surface area contributed by atoms with Crippen molar-refractivity contribution in [2.45, 2.75) is 6.42 Å². The smallest absolute Gasteiger partial charge is 0.254 e. The second-order valence-electron chi connectivity index (χ2n) is 6.24. The molecule has 1 fully saturated rings. The van der Waals surface area contributed by atoms with Crippen LogP contribution in [0.25, 0.3) is 0 Å². The summed E-state index contributed by atoms with van der Waals surface area (Å²) in [7, 11) is 1.55. The van der Waals surface area contributed by atoms with Gasteiger partial charge in [0, 0.05) is 30.4 Å². The van der Waals surface area contributed by atoms with E-state index in [-0.39, 0.29) is 18.2 Å². The SMILES string of the molecule is COc1ccc(C(=O)N2CCOCC2)cc1Nc1ncc2c(n1)NC(=O)C2. The maximum absolute atomic E-state index is 12.7. The topological polar surface area (TPSA) is 106 Å². The van der Waals surface area contributed by atoms with Gasteiger partial charge in [-0.1, -0.05) is 0 Å². The van der Waals surface area contributed by atoms with Crippen molar-refractivity contribution in [3.8, 4) is 5.75 Å². The molecule has 9 nitrogen and oxygen atoms in total. The van der Waals surface area contributed by atoms with Crippen LogP contribution in [0.1, 0.15) is 15.9 Å². The molecule has 2 amide bonds. The lowest BCUT2D eigenvalue weighted by atomic mass is 10.1. The van der Waals surface area contributed by atoms with Crippen molar-refractivity contribution in [2.24, 2.45) is 0 Å². The summed E-state index contributed by atoms with van der Waals surface area (Å²) in [6.07, 6.45) is 1.89. The first-order valence-corrected chi connectivity index (χ1v) is 8.62. The fraction of sp³-hybridized carbons (Fsp3) is 0.333. The van der Waals surface area contributed by atoms with Crippen LogP contribution in [0.5, 0.6) is 5.75 Å². The Morgan fingerprint density at radius 2 is 2.15 bits per heavy atom. The van der Waals surface area contributed by atoms with Crippen molar-refractivity contribution in [1.82, 2.24) is 14.9 Å². The Morgan fingerprint density at radius 1 is 1.33 bits per heavy atom. The molecule has 2 aliphatic rings. The van der Waals surface area contributed by atoms with E-state index in [0.29, 0.717) is 55.1 Å². The molecule has 9 heteroatoms. The van der Waals surface area contributed by atoms with Gasteiger partial charge in [-0.25, -0.2) is 4.98 Å². The minimum absolute atomic E-state index is 0.0638. The summed E-state index contributed by atoms with van der Waals surface area (Å²) in [5, 5.41) is 5.76. The maximum Gasteiger partial charge on any atom is 0.254 e. The van der Waals surface area contributed by atoms with E-state index in [1.165, 1.54) is 0 Å². The lowest BCUT2D eigenvalue weighted by Crippen LogP contribution is -2.40. The van der Waals surface area contributed by atoms with Gasteiger partial charge < -0.3 is 25.0 Å². The molecule has 0 bridgehead atoms. The third-order valence-electron chi connectivity index (χ3n) is 4.46. The first kappa shape index (κ1) is 17.2. The van der Waals surface area contributed by atoms with Gasteiger partial charge in [0.15, 0.2) is 0 Å². The number of nitrogens with one attached hydrogen (secondary N) is 2. The van der Waals surface area contributed by atoms with E-state index in [1.807, 2.05) is 0 Å². The minimum Gasteiger partial charge on any atom is -0.495 e. The molecule has 0 radical (unpaired) electrons. The number of anilines is 3. The van der Waals surface area contributed by atoms with E-state index in [1.54, 1.807) is 36.4 Å². The highest BCUT2D eigenvalue weighted by atomic mass is 16.5. The molecule has 0 spiro atoms. The molecule has 0 saturated carbocycles. The maximum atomic E-state index is 12.7. The van der Waals surface area contributed by atoms with Gasteiger partial charge in [0.2, 0.25) is 11.9 Å². The van der Waals surface area contributed by atoms with Crippen LogP contribution in [0.3, 0.4) is 0 Å². The molecule has 2 aromatic rings. The number of fused-ring (bicyclic) bond motifs is 1. The van der Waals surface area contributed by atoms with Gasteiger partial charge in [-0.05, 0) is 18.2 Å². The van der Waals surface area contributed by atoms with E-state index >= 15 is 0 Å². The third-order valence-corrected chi connectivity index (χ3v) is 4.46. The highest BCUT2D eigenvalue weighted by Gasteiger charge is 2.22. The summed E-state index contributed by atoms with van der Waals surface area (Å²) in [6.45, 7) is 2.23. The summed E-state index contributed by atoms with van der Waals surface area (Å²) in [4.78, 5) is 34.5. The van der Waals surface area contributed by atoms with Crippen molar-refractivity contribution >= 4 is 29.3 Å². The van der Waals surface area contributed by atoms with E-state index in [0.717, 1.165) is 5.56 Å². The number of morpholine rings is 1. The Bertz CT molecular complexity index is 895. The van der Waals surface area contributed by atoms with Crippen LogP contribution in [-0.4, -0.2) is 60.1 Å². The number of rotatable bonds is 4. The molecular formula is C18H19N5O4. The molecule has 3 heterocycles. The molecule has 2 aliphatic heterocycles. The number of ether oxygens (including phenoxy) is 2. The van der Waals surface area contributed by atoms with Crippen LogP contribution in [0.15, 0.2) is 24.4 Å². The fourth-order valence-electron chi connectivity index (χ4n) is 3.06. The third kappa shape index (κ3) is 3.54. The van der Waals surface area contributed by atoms with Crippen LogP contribution >= 0.6 is 0 Å². The average Bonchev–Trinajstić information content (AvgIpc) is 3.07. The van der Waals surface area contributed by atoms with Crippen LogP contribution in [0, 0.1) is 0 Å². The molecule has 0 atom stereocenters. The second-order valence-corrected chi connectivity index (χ2v) is 6.24. The van der Waals surface area contributed by atoms with Gasteiger partial charge in [-0.3, -0.25) is 9.59 Å². The summed E-state index contributed by atoms with van der Waals surface area (Å²) in [6, 6.07) is 5.17. The second kappa shape index (κ2) is 7.20. The van der Waals surface area contributed by atoms with Crippen molar-refractivity contribution in [1.29, 1.82) is 0 Å². The number of amides is 2. The minimum atomic E-state index is -0.105. The van der Waals surface area contributed by atoms with Crippen molar-refractivity contribution in [3.05, 3.63) is 35.5 Å². The number of aromatic nitrogens is 2. The van der Waals surface area contributed by atoms with Crippen molar-refractivity contribution < 1.29 is 19.1 Å². The Hall–Kier alpha value is -3.20. The molecule has 140 valence electrons. The van der Waals surface area contributed by atoms with Gasteiger partial charge in [0.25, 0.3) is 5.91 Å². The van der Waals surface area contributed by atoms with Gasteiger partial charge in [-0.2, -0.15) is 4.98 Å². The Morgan fingerprint density at radius 3 is 2.93 bits per heavy atom.